The van der Waals surface area contributed by atoms with Crippen LogP contribution in [0.5, 0.6) is 0 Å². The van der Waals surface area contributed by atoms with E-state index in [-0.39, 0.29) is 23.8 Å². The maximum absolute atomic E-state index is 11.8. The summed E-state index contributed by atoms with van der Waals surface area (Å²) < 4.78 is 11.1. The SMILES string of the molecule is CC1=CC(=O)O[C@H](/C=C(\C)CCCC(C)C2=CC(=O)C(C)(C)O2)C1. The van der Waals surface area contributed by atoms with E-state index in [1.54, 1.807) is 26.0 Å². The molecule has 24 heavy (non-hydrogen) atoms. The summed E-state index contributed by atoms with van der Waals surface area (Å²) in [5.74, 6) is 0.830. The van der Waals surface area contributed by atoms with E-state index >= 15 is 0 Å². The van der Waals surface area contributed by atoms with Gasteiger partial charge in [0.25, 0.3) is 0 Å². The van der Waals surface area contributed by atoms with E-state index in [0.29, 0.717) is 0 Å². The van der Waals surface area contributed by atoms with Gasteiger partial charge in [-0.1, -0.05) is 18.1 Å². The maximum Gasteiger partial charge on any atom is 0.331 e. The quantitative estimate of drug-likeness (QED) is 0.538. The molecular formula is C20H28O4. The van der Waals surface area contributed by atoms with Gasteiger partial charge in [0.2, 0.25) is 5.78 Å². The Morgan fingerprint density at radius 1 is 1.38 bits per heavy atom. The van der Waals surface area contributed by atoms with E-state index in [1.165, 1.54) is 5.57 Å². The van der Waals surface area contributed by atoms with Crippen molar-refractivity contribution in [3.63, 3.8) is 0 Å². The molecule has 4 nitrogen and oxygen atoms in total. The van der Waals surface area contributed by atoms with Crippen molar-refractivity contribution in [2.45, 2.75) is 72.0 Å². The topological polar surface area (TPSA) is 52.6 Å². The van der Waals surface area contributed by atoms with E-state index in [2.05, 4.69) is 19.9 Å². The van der Waals surface area contributed by atoms with Crippen LogP contribution in [-0.2, 0) is 19.1 Å². The van der Waals surface area contributed by atoms with Gasteiger partial charge in [0.15, 0.2) is 5.60 Å². The lowest BCUT2D eigenvalue weighted by atomic mass is 9.98. The Kier molecular flexibility index (Phi) is 5.68. The molecule has 0 bridgehead atoms. The molecule has 0 N–H and O–H groups in total. The standard InChI is InChI=1S/C20H28O4/c1-13(9-16-10-14(2)11-19(22)23-16)7-6-8-15(3)17-12-18(21)20(4,5)24-17/h9,11-12,15-16H,6-8,10H2,1-5H3/b13-9+/t15?,16-/m1/s1. The van der Waals surface area contributed by atoms with Gasteiger partial charge in [-0.2, -0.15) is 0 Å². The van der Waals surface area contributed by atoms with Crippen LogP contribution in [0, 0.1) is 5.92 Å². The lowest BCUT2D eigenvalue weighted by Crippen LogP contribution is -2.28. The number of carbonyl (C=O) groups is 2. The van der Waals surface area contributed by atoms with E-state index in [4.69, 9.17) is 9.47 Å². The van der Waals surface area contributed by atoms with Gasteiger partial charge in [-0.05, 0) is 53.0 Å². The molecule has 0 amide bonds. The Hall–Kier alpha value is -1.84. The largest absolute Gasteiger partial charge is 0.484 e. The number of hydrogen-bond acceptors (Lipinski definition) is 4. The molecule has 0 aromatic rings. The van der Waals surface area contributed by atoms with Crippen LogP contribution < -0.4 is 0 Å². The Bertz CT molecular complexity index is 607. The lowest BCUT2D eigenvalue weighted by Gasteiger charge is -2.21. The highest BCUT2D eigenvalue weighted by molar-refractivity contribution is 5.98. The molecule has 0 saturated heterocycles. The summed E-state index contributed by atoms with van der Waals surface area (Å²) in [4.78, 5) is 23.2. The molecule has 2 rings (SSSR count). The summed E-state index contributed by atoms with van der Waals surface area (Å²) in [7, 11) is 0. The molecule has 0 fully saturated rings. The van der Waals surface area contributed by atoms with Crippen molar-refractivity contribution in [2.24, 2.45) is 5.92 Å². The summed E-state index contributed by atoms with van der Waals surface area (Å²) in [6, 6.07) is 0. The summed E-state index contributed by atoms with van der Waals surface area (Å²) in [6.45, 7) is 9.73. The molecule has 4 heteroatoms. The first kappa shape index (κ1) is 18.5. The summed E-state index contributed by atoms with van der Waals surface area (Å²) >= 11 is 0. The molecule has 0 aliphatic carbocycles. The highest BCUT2D eigenvalue weighted by atomic mass is 16.5. The number of allylic oxidation sites excluding steroid dienone is 2. The van der Waals surface area contributed by atoms with Gasteiger partial charge in [0.05, 0.1) is 0 Å². The fraction of sp³-hybridized carbons (Fsp3) is 0.600. The number of ether oxygens (including phenoxy) is 2. The van der Waals surface area contributed by atoms with E-state index in [0.717, 1.165) is 37.0 Å². The Balaban J connectivity index is 1.79. The fourth-order valence-electron chi connectivity index (χ4n) is 3.05. The third-order valence-corrected chi connectivity index (χ3v) is 4.56. The first-order valence-electron chi connectivity index (χ1n) is 8.67. The molecule has 2 atom stereocenters. The van der Waals surface area contributed by atoms with Crippen LogP contribution in [0.2, 0.25) is 0 Å². The van der Waals surface area contributed by atoms with Gasteiger partial charge in [0, 0.05) is 24.5 Å². The van der Waals surface area contributed by atoms with Crippen LogP contribution in [0.3, 0.4) is 0 Å². The van der Waals surface area contributed by atoms with Crippen molar-refractivity contribution < 1.29 is 19.1 Å². The third-order valence-electron chi connectivity index (χ3n) is 4.56. The van der Waals surface area contributed by atoms with E-state index < -0.39 is 5.60 Å². The Labute approximate surface area is 144 Å². The lowest BCUT2D eigenvalue weighted by molar-refractivity contribution is -0.142. The number of carbonyl (C=O) groups excluding carboxylic acids is 2. The zero-order valence-corrected chi connectivity index (χ0v) is 15.3. The molecule has 0 aromatic carbocycles. The number of cyclic esters (lactones) is 1. The number of hydrogen-bond donors (Lipinski definition) is 0. The van der Waals surface area contributed by atoms with Crippen LogP contribution >= 0.6 is 0 Å². The van der Waals surface area contributed by atoms with Gasteiger partial charge in [-0.25, -0.2) is 4.79 Å². The molecular weight excluding hydrogens is 304 g/mol. The fourth-order valence-corrected chi connectivity index (χ4v) is 3.05. The summed E-state index contributed by atoms with van der Waals surface area (Å²) in [6.07, 6.45) is 8.81. The second kappa shape index (κ2) is 7.37. The predicted octanol–water partition coefficient (Wildman–Crippen LogP) is 4.26. The second-order valence-corrected chi connectivity index (χ2v) is 7.50. The molecule has 2 heterocycles. The molecule has 0 saturated carbocycles. The van der Waals surface area contributed by atoms with Crippen molar-refractivity contribution >= 4 is 11.8 Å². The van der Waals surface area contributed by atoms with Gasteiger partial charge < -0.3 is 9.47 Å². The van der Waals surface area contributed by atoms with Crippen molar-refractivity contribution in [3.8, 4) is 0 Å². The second-order valence-electron chi connectivity index (χ2n) is 7.50. The minimum atomic E-state index is -0.713. The predicted molar refractivity (Wildman–Crippen MR) is 93.3 cm³/mol. The number of ketones is 1. The minimum absolute atomic E-state index is 0.0444. The molecule has 1 unspecified atom stereocenters. The number of rotatable bonds is 6. The maximum atomic E-state index is 11.8. The summed E-state index contributed by atoms with van der Waals surface area (Å²) in [5.41, 5.74) is 1.58. The molecule has 0 spiro atoms. The highest BCUT2D eigenvalue weighted by Crippen LogP contribution is 2.31. The average Bonchev–Trinajstić information content (AvgIpc) is 2.71. The average molecular weight is 332 g/mol. The first-order valence-corrected chi connectivity index (χ1v) is 8.67. The van der Waals surface area contributed by atoms with Crippen LogP contribution in [0.15, 0.2) is 35.1 Å². The number of esters is 1. The zero-order chi connectivity index (χ0) is 17.9. The minimum Gasteiger partial charge on any atom is -0.484 e. The third kappa shape index (κ3) is 4.83. The normalized spacial score (nSPS) is 24.9. The van der Waals surface area contributed by atoms with Gasteiger partial charge in [-0.15, -0.1) is 0 Å². The molecule has 0 aromatic heterocycles. The smallest absolute Gasteiger partial charge is 0.331 e. The van der Waals surface area contributed by atoms with Gasteiger partial charge in [-0.3, -0.25) is 4.79 Å². The van der Waals surface area contributed by atoms with E-state index in [9.17, 15) is 9.59 Å². The van der Waals surface area contributed by atoms with Crippen molar-refractivity contribution in [1.29, 1.82) is 0 Å². The van der Waals surface area contributed by atoms with Crippen LogP contribution in [0.1, 0.15) is 60.3 Å². The van der Waals surface area contributed by atoms with Crippen molar-refractivity contribution in [3.05, 3.63) is 35.1 Å². The van der Waals surface area contributed by atoms with Crippen molar-refractivity contribution in [2.75, 3.05) is 0 Å². The molecule has 0 radical (unpaired) electrons. The Morgan fingerprint density at radius 2 is 2.08 bits per heavy atom. The van der Waals surface area contributed by atoms with Crippen molar-refractivity contribution in [1.82, 2.24) is 0 Å². The molecule has 2 aliphatic heterocycles. The zero-order valence-electron chi connectivity index (χ0n) is 15.3. The van der Waals surface area contributed by atoms with Crippen LogP contribution in [-0.4, -0.2) is 23.5 Å². The first-order chi connectivity index (χ1) is 11.2. The van der Waals surface area contributed by atoms with Gasteiger partial charge in [0.1, 0.15) is 11.9 Å². The van der Waals surface area contributed by atoms with Crippen LogP contribution in [0.25, 0.3) is 0 Å². The highest BCUT2D eigenvalue weighted by Gasteiger charge is 2.36. The monoisotopic (exact) mass is 332 g/mol. The molecule has 2 aliphatic rings. The van der Waals surface area contributed by atoms with Crippen LogP contribution in [0.4, 0.5) is 0 Å². The summed E-state index contributed by atoms with van der Waals surface area (Å²) in [5, 5.41) is 0. The molecule has 132 valence electrons. The Morgan fingerprint density at radius 3 is 2.67 bits per heavy atom. The van der Waals surface area contributed by atoms with Gasteiger partial charge >= 0.3 is 5.97 Å². The van der Waals surface area contributed by atoms with E-state index in [1.807, 2.05) is 6.92 Å².